The Labute approximate surface area is 164 Å². The van der Waals surface area contributed by atoms with Crippen molar-refractivity contribution in [3.63, 3.8) is 0 Å². The summed E-state index contributed by atoms with van der Waals surface area (Å²) in [6.45, 7) is 6.56. The third-order valence-electron chi connectivity index (χ3n) is 4.30. The highest BCUT2D eigenvalue weighted by Crippen LogP contribution is 2.29. The molecule has 0 unspecified atom stereocenters. The van der Waals surface area contributed by atoms with Crippen LogP contribution in [0.3, 0.4) is 0 Å². The number of carbonyl (C=O) groups is 2. The van der Waals surface area contributed by atoms with Gasteiger partial charge in [0.2, 0.25) is 0 Å². The molecule has 0 fully saturated rings. The molecule has 2 rings (SSSR count). The van der Waals surface area contributed by atoms with E-state index in [-0.39, 0.29) is 18.0 Å². The Kier molecular flexibility index (Phi) is 7.09. The van der Waals surface area contributed by atoms with Crippen molar-refractivity contribution in [2.24, 2.45) is 5.92 Å². The molecule has 1 amide bonds. The smallest absolute Gasteiger partial charge is 0.339 e. The quantitative estimate of drug-likeness (QED) is 0.697. The lowest BCUT2D eigenvalue weighted by Crippen LogP contribution is -2.26. The summed E-state index contributed by atoms with van der Waals surface area (Å²) in [5, 5.41) is 9.11. The van der Waals surface area contributed by atoms with Gasteiger partial charge in [-0.3, -0.25) is 4.79 Å². The van der Waals surface area contributed by atoms with Crippen molar-refractivity contribution >= 4 is 11.9 Å². The molecule has 0 radical (unpaired) electrons. The van der Waals surface area contributed by atoms with Gasteiger partial charge in [0, 0.05) is 12.6 Å². The predicted molar refractivity (Wildman–Crippen MR) is 104 cm³/mol. The van der Waals surface area contributed by atoms with Crippen molar-refractivity contribution < 1.29 is 28.6 Å². The number of nitrogens with zero attached hydrogens (tertiary/aromatic N) is 1. The SMILES string of the molecule is COc1cc(C(=O)N(C)Cc2cc(C(=O)O)c(C)o2)ccc1OCCC(C)C. The Morgan fingerprint density at radius 1 is 1.21 bits per heavy atom. The molecule has 2 aromatic rings. The minimum atomic E-state index is -1.06. The van der Waals surface area contributed by atoms with E-state index in [0.29, 0.717) is 41.1 Å². The zero-order valence-electron chi connectivity index (χ0n) is 16.9. The molecular formula is C21H27NO6. The molecule has 152 valence electrons. The maximum atomic E-state index is 12.7. The maximum Gasteiger partial charge on any atom is 0.339 e. The molecular weight excluding hydrogens is 362 g/mol. The largest absolute Gasteiger partial charge is 0.493 e. The molecule has 0 atom stereocenters. The Hall–Kier alpha value is -2.96. The molecule has 0 aliphatic carbocycles. The first-order valence-corrected chi connectivity index (χ1v) is 9.11. The molecule has 0 saturated heterocycles. The lowest BCUT2D eigenvalue weighted by Gasteiger charge is -2.17. The number of furan rings is 1. The fourth-order valence-corrected chi connectivity index (χ4v) is 2.68. The van der Waals surface area contributed by atoms with E-state index in [1.807, 2.05) is 0 Å². The zero-order chi connectivity index (χ0) is 20.8. The number of hydrogen-bond acceptors (Lipinski definition) is 5. The fraction of sp³-hybridized carbons (Fsp3) is 0.429. The second-order valence-electron chi connectivity index (χ2n) is 7.05. The molecule has 0 aliphatic rings. The highest BCUT2D eigenvalue weighted by molar-refractivity contribution is 5.94. The average Bonchev–Trinajstić information content (AvgIpc) is 3.01. The summed E-state index contributed by atoms with van der Waals surface area (Å²) < 4.78 is 16.5. The van der Waals surface area contributed by atoms with Crippen molar-refractivity contribution in [2.75, 3.05) is 20.8 Å². The number of hydrogen-bond donors (Lipinski definition) is 1. The molecule has 0 aliphatic heterocycles. The van der Waals surface area contributed by atoms with Gasteiger partial charge in [0.25, 0.3) is 5.91 Å². The number of carbonyl (C=O) groups excluding carboxylic acids is 1. The second kappa shape index (κ2) is 9.30. The van der Waals surface area contributed by atoms with E-state index in [0.717, 1.165) is 6.42 Å². The number of amides is 1. The maximum absolute atomic E-state index is 12.7. The molecule has 1 aromatic carbocycles. The monoisotopic (exact) mass is 389 g/mol. The van der Waals surface area contributed by atoms with E-state index >= 15 is 0 Å². The van der Waals surface area contributed by atoms with Crippen LogP contribution in [-0.4, -0.2) is 42.6 Å². The van der Waals surface area contributed by atoms with Crippen molar-refractivity contribution in [2.45, 2.75) is 33.7 Å². The summed E-state index contributed by atoms with van der Waals surface area (Å²) in [6, 6.07) is 6.48. The van der Waals surface area contributed by atoms with E-state index in [9.17, 15) is 9.59 Å². The van der Waals surface area contributed by atoms with Crippen LogP contribution in [-0.2, 0) is 6.54 Å². The lowest BCUT2D eigenvalue weighted by atomic mass is 10.1. The third kappa shape index (κ3) is 5.28. The first-order chi connectivity index (χ1) is 13.2. The molecule has 28 heavy (non-hydrogen) atoms. The summed E-state index contributed by atoms with van der Waals surface area (Å²) in [5.74, 6) is 1.05. The van der Waals surface area contributed by atoms with Crippen LogP contribution < -0.4 is 9.47 Å². The van der Waals surface area contributed by atoms with Crippen LogP contribution in [0.25, 0.3) is 0 Å². The van der Waals surface area contributed by atoms with Gasteiger partial charge in [-0.05, 0) is 43.5 Å². The van der Waals surface area contributed by atoms with Gasteiger partial charge >= 0.3 is 5.97 Å². The number of carboxylic acid groups (broad SMARTS) is 1. The van der Waals surface area contributed by atoms with Gasteiger partial charge in [-0.2, -0.15) is 0 Å². The third-order valence-corrected chi connectivity index (χ3v) is 4.30. The standard InChI is InChI=1S/C21H27NO6/c1-13(2)8-9-27-18-7-6-15(10-19(18)26-5)20(23)22(4)12-16-11-17(21(24)25)14(3)28-16/h6-7,10-11,13H,8-9,12H2,1-5H3,(H,24,25). The van der Waals surface area contributed by atoms with Crippen LogP contribution in [0.15, 0.2) is 28.7 Å². The van der Waals surface area contributed by atoms with Crippen molar-refractivity contribution in [1.82, 2.24) is 4.90 Å². The van der Waals surface area contributed by atoms with E-state index in [2.05, 4.69) is 13.8 Å². The van der Waals surface area contributed by atoms with Gasteiger partial charge in [-0.1, -0.05) is 13.8 Å². The molecule has 1 N–H and O–H groups in total. The van der Waals surface area contributed by atoms with Gasteiger partial charge in [0.1, 0.15) is 17.1 Å². The summed E-state index contributed by atoms with van der Waals surface area (Å²) in [7, 11) is 3.15. The summed E-state index contributed by atoms with van der Waals surface area (Å²) >= 11 is 0. The fourth-order valence-electron chi connectivity index (χ4n) is 2.68. The van der Waals surface area contributed by atoms with E-state index in [1.165, 1.54) is 18.1 Å². The van der Waals surface area contributed by atoms with Gasteiger partial charge in [-0.15, -0.1) is 0 Å². The molecule has 0 saturated carbocycles. The van der Waals surface area contributed by atoms with Crippen LogP contribution in [0.5, 0.6) is 11.5 Å². The van der Waals surface area contributed by atoms with Crippen LogP contribution in [0.1, 0.15) is 52.5 Å². The number of rotatable bonds is 9. The Morgan fingerprint density at radius 3 is 2.50 bits per heavy atom. The van der Waals surface area contributed by atoms with Crippen molar-refractivity contribution in [1.29, 1.82) is 0 Å². The normalized spacial score (nSPS) is 10.8. The molecule has 0 spiro atoms. The number of aromatic carboxylic acids is 1. The zero-order valence-corrected chi connectivity index (χ0v) is 16.9. The topological polar surface area (TPSA) is 89.2 Å². The number of aryl methyl sites for hydroxylation is 1. The van der Waals surface area contributed by atoms with Gasteiger partial charge in [-0.25, -0.2) is 4.79 Å². The summed E-state index contributed by atoms with van der Waals surface area (Å²) in [5.41, 5.74) is 0.540. The predicted octanol–water partition coefficient (Wildman–Crippen LogP) is 3.99. The summed E-state index contributed by atoms with van der Waals surface area (Å²) in [6.07, 6.45) is 0.924. The number of ether oxygens (including phenoxy) is 2. The number of methoxy groups -OCH3 is 1. The van der Waals surface area contributed by atoms with Crippen LogP contribution in [0, 0.1) is 12.8 Å². The Bertz CT molecular complexity index is 839. The minimum Gasteiger partial charge on any atom is -0.493 e. The molecule has 1 aromatic heterocycles. The number of carboxylic acids is 1. The van der Waals surface area contributed by atoms with Crippen LogP contribution >= 0.6 is 0 Å². The van der Waals surface area contributed by atoms with Gasteiger partial charge in [0.15, 0.2) is 11.5 Å². The Balaban J connectivity index is 2.10. The molecule has 0 bridgehead atoms. The van der Waals surface area contributed by atoms with E-state index in [1.54, 1.807) is 32.2 Å². The summed E-state index contributed by atoms with van der Waals surface area (Å²) in [4.78, 5) is 25.3. The lowest BCUT2D eigenvalue weighted by molar-refractivity contribution is 0.0694. The average molecular weight is 389 g/mol. The molecule has 7 heteroatoms. The van der Waals surface area contributed by atoms with E-state index < -0.39 is 5.97 Å². The first kappa shape index (κ1) is 21.3. The highest BCUT2D eigenvalue weighted by atomic mass is 16.5. The first-order valence-electron chi connectivity index (χ1n) is 9.11. The second-order valence-corrected chi connectivity index (χ2v) is 7.05. The van der Waals surface area contributed by atoms with Crippen molar-refractivity contribution in [3.8, 4) is 11.5 Å². The van der Waals surface area contributed by atoms with Crippen molar-refractivity contribution in [3.05, 3.63) is 46.9 Å². The van der Waals surface area contributed by atoms with Crippen LogP contribution in [0.2, 0.25) is 0 Å². The Morgan fingerprint density at radius 2 is 1.93 bits per heavy atom. The minimum absolute atomic E-state index is 0.0976. The number of benzene rings is 1. The van der Waals surface area contributed by atoms with Gasteiger partial charge < -0.3 is 23.9 Å². The van der Waals surface area contributed by atoms with Crippen LogP contribution in [0.4, 0.5) is 0 Å². The highest BCUT2D eigenvalue weighted by Gasteiger charge is 2.19. The van der Waals surface area contributed by atoms with Gasteiger partial charge in [0.05, 0.1) is 20.3 Å². The molecule has 7 nitrogen and oxygen atoms in total. The van der Waals surface area contributed by atoms with E-state index in [4.69, 9.17) is 19.0 Å². The molecule has 1 heterocycles.